The summed E-state index contributed by atoms with van der Waals surface area (Å²) < 4.78 is 6.94. The maximum atomic E-state index is 12.4. The molecule has 1 saturated heterocycles. The number of carboxylic acid groups (broad SMARTS) is 1. The third-order valence-electron chi connectivity index (χ3n) is 4.13. The number of rotatable bonds is 8. The zero-order chi connectivity index (χ0) is 21.2. The average molecular weight is 425 g/mol. The number of nitrogens with zero attached hydrogens (tertiary/aromatic N) is 6. The van der Waals surface area contributed by atoms with E-state index in [0.717, 1.165) is 12.4 Å². The van der Waals surface area contributed by atoms with Crippen LogP contribution < -0.4 is 10.2 Å². The van der Waals surface area contributed by atoms with Crippen LogP contribution in [0.2, 0.25) is 0 Å². The van der Waals surface area contributed by atoms with Crippen LogP contribution in [0.4, 0.5) is 5.13 Å². The first-order valence-corrected chi connectivity index (χ1v) is 9.69. The lowest BCUT2D eigenvalue weighted by Crippen LogP contribution is -2.34. The first-order valence-electron chi connectivity index (χ1n) is 8.87. The van der Waals surface area contributed by atoms with Gasteiger partial charge in [0.05, 0.1) is 5.92 Å². The summed E-state index contributed by atoms with van der Waals surface area (Å²) >= 11 is 1.30. The van der Waals surface area contributed by atoms with Crippen LogP contribution in [0.25, 0.3) is 0 Å². The minimum Gasteiger partial charge on any atom is -0.483 e. The Bertz CT molecular complexity index is 824. The van der Waals surface area contributed by atoms with Crippen LogP contribution in [0.3, 0.4) is 0 Å². The van der Waals surface area contributed by atoms with E-state index >= 15 is 0 Å². The highest BCUT2D eigenvalue weighted by molar-refractivity contribution is 7.15. The number of hydrogen-bond donors (Lipinski definition) is 2. The lowest BCUT2D eigenvalue weighted by Gasteiger charge is -2.12. The molecule has 2 aromatic heterocycles. The lowest BCUT2D eigenvalue weighted by molar-refractivity contribution is -0.126. The number of anilines is 1. The van der Waals surface area contributed by atoms with Crippen LogP contribution >= 0.6 is 11.3 Å². The molecule has 2 amide bonds. The normalized spacial score (nSPS) is 15.7. The van der Waals surface area contributed by atoms with E-state index in [0.29, 0.717) is 36.3 Å². The fourth-order valence-electron chi connectivity index (χ4n) is 2.78. The summed E-state index contributed by atoms with van der Waals surface area (Å²) in [5.74, 6) is 0.193. The predicted octanol–water partition coefficient (Wildman–Crippen LogP) is -0.291. The number of methoxy groups -OCH3 is 1. The summed E-state index contributed by atoms with van der Waals surface area (Å²) in [6, 6.07) is 0. The highest BCUT2D eigenvalue weighted by Crippen LogP contribution is 2.28. The van der Waals surface area contributed by atoms with Gasteiger partial charge in [-0.15, -0.1) is 20.4 Å². The van der Waals surface area contributed by atoms with Crippen molar-refractivity contribution in [3.63, 3.8) is 0 Å². The SMILES string of the molecule is CCn1cnnc1CCNC(=O)C1CC(=O)N(c2nnc(COC)s2)C1.O=CO. The predicted molar refractivity (Wildman–Crippen MR) is 102 cm³/mol. The van der Waals surface area contributed by atoms with Crippen molar-refractivity contribution in [2.45, 2.75) is 32.9 Å². The summed E-state index contributed by atoms with van der Waals surface area (Å²) in [4.78, 5) is 34.5. The van der Waals surface area contributed by atoms with Gasteiger partial charge < -0.3 is 19.7 Å². The van der Waals surface area contributed by atoms with Crippen molar-refractivity contribution < 1.29 is 24.2 Å². The highest BCUT2D eigenvalue weighted by atomic mass is 32.1. The molecule has 1 fully saturated rings. The van der Waals surface area contributed by atoms with Gasteiger partial charge in [-0.25, -0.2) is 0 Å². The first-order chi connectivity index (χ1) is 14.0. The molecule has 3 heterocycles. The molecule has 0 bridgehead atoms. The average Bonchev–Trinajstić information content (AvgIpc) is 3.42. The van der Waals surface area contributed by atoms with Crippen molar-refractivity contribution in [1.82, 2.24) is 30.3 Å². The molecule has 0 aromatic carbocycles. The van der Waals surface area contributed by atoms with Gasteiger partial charge in [-0.05, 0) is 6.92 Å². The molecule has 0 aliphatic carbocycles. The fraction of sp³-hybridized carbons (Fsp3) is 0.562. The number of amides is 2. The summed E-state index contributed by atoms with van der Waals surface area (Å²) in [7, 11) is 1.57. The second-order valence-corrected chi connectivity index (χ2v) is 7.04. The van der Waals surface area contributed by atoms with Gasteiger partial charge in [0.1, 0.15) is 23.8 Å². The smallest absolute Gasteiger partial charge is 0.290 e. The molecule has 2 N–H and O–H groups in total. The van der Waals surface area contributed by atoms with Crippen molar-refractivity contribution in [3.05, 3.63) is 17.2 Å². The van der Waals surface area contributed by atoms with Crippen molar-refractivity contribution in [1.29, 1.82) is 0 Å². The van der Waals surface area contributed by atoms with E-state index in [1.807, 2.05) is 11.5 Å². The maximum Gasteiger partial charge on any atom is 0.290 e. The Hall–Kier alpha value is -2.93. The van der Waals surface area contributed by atoms with Crippen LogP contribution in [0.15, 0.2) is 6.33 Å². The van der Waals surface area contributed by atoms with E-state index in [4.69, 9.17) is 14.6 Å². The van der Waals surface area contributed by atoms with Gasteiger partial charge in [-0.1, -0.05) is 11.3 Å². The Kier molecular flexibility index (Phi) is 8.61. The van der Waals surface area contributed by atoms with Crippen LogP contribution in [0, 0.1) is 5.92 Å². The zero-order valence-corrected chi connectivity index (χ0v) is 17.0. The monoisotopic (exact) mass is 425 g/mol. The van der Waals surface area contributed by atoms with Crippen LogP contribution in [0.1, 0.15) is 24.2 Å². The van der Waals surface area contributed by atoms with Crippen LogP contribution in [-0.4, -0.2) is 68.6 Å². The van der Waals surface area contributed by atoms with Crippen LogP contribution in [-0.2, 0) is 38.7 Å². The molecule has 0 radical (unpaired) electrons. The standard InChI is InChI=1S/C15H21N7O3S.CH2O2/c1-3-21-9-17-18-11(21)4-5-16-14(24)10-6-13(23)22(7-10)15-20-19-12(26-15)8-25-2;2-1-3/h9-10H,3-8H2,1-2H3,(H,16,24);1H,(H,2,3). The van der Waals surface area contributed by atoms with Gasteiger partial charge in [0.2, 0.25) is 16.9 Å². The second-order valence-electron chi connectivity index (χ2n) is 6.00. The molecule has 158 valence electrons. The third-order valence-corrected chi connectivity index (χ3v) is 5.05. The number of carbonyl (C=O) groups is 3. The van der Waals surface area contributed by atoms with E-state index in [1.54, 1.807) is 13.4 Å². The van der Waals surface area contributed by atoms with Gasteiger partial charge in [-0.2, -0.15) is 0 Å². The Morgan fingerprint density at radius 3 is 2.90 bits per heavy atom. The number of aryl methyl sites for hydroxylation is 1. The molecule has 1 aliphatic rings. The second kappa shape index (κ2) is 11.2. The Labute approximate surface area is 170 Å². The minimum atomic E-state index is -0.388. The van der Waals surface area contributed by atoms with Crippen molar-refractivity contribution >= 4 is 34.8 Å². The molecule has 1 unspecified atom stereocenters. The molecule has 13 heteroatoms. The molecule has 2 aromatic rings. The Morgan fingerprint density at radius 2 is 2.21 bits per heavy atom. The van der Waals surface area contributed by atoms with Gasteiger partial charge in [0.25, 0.3) is 6.47 Å². The van der Waals surface area contributed by atoms with Crippen molar-refractivity contribution in [2.75, 3.05) is 25.1 Å². The molecule has 3 rings (SSSR count). The van der Waals surface area contributed by atoms with Crippen molar-refractivity contribution in [2.24, 2.45) is 5.92 Å². The minimum absolute atomic E-state index is 0.115. The van der Waals surface area contributed by atoms with E-state index < -0.39 is 0 Å². The maximum absolute atomic E-state index is 12.4. The third kappa shape index (κ3) is 6.02. The number of hydrogen-bond acceptors (Lipinski definition) is 9. The molecular weight excluding hydrogens is 402 g/mol. The molecular formula is C16H23N7O5S. The molecule has 1 aliphatic heterocycles. The molecule has 0 saturated carbocycles. The van der Waals surface area contributed by atoms with Crippen molar-refractivity contribution in [3.8, 4) is 0 Å². The molecule has 1 atom stereocenters. The first kappa shape index (κ1) is 22.4. The zero-order valence-electron chi connectivity index (χ0n) is 16.1. The van der Waals surface area contributed by atoms with Gasteiger partial charge in [0.15, 0.2) is 0 Å². The van der Waals surface area contributed by atoms with Gasteiger partial charge in [0, 0.05) is 39.6 Å². The number of aromatic nitrogens is 5. The van der Waals surface area contributed by atoms with E-state index in [1.165, 1.54) is 16.2 Å². The Morgan fingerprint density at radius 1 is 1.45 bits per heavy atom. The topological polar surface area (TPSA) is 152 Å². The quantitative estimate of drug-likeness (QED) is 0.543. The van der Waals surface area contributed by atoms with E-state index in [9.17, 15) is 9.59 Å². The highest BCUT2D eigenvalue weighted by Gasteiger charge is 2.36. The molecule has 12 nitrogen and oxygen atoms in total. The molecule has 0 spiro atoms. The van der Waals surface area contributed by atoms with Crippen LogP contribution in [0.5, 0.6) is 0 Å². The number of nitrogens with one attached hydrogen (secondary N) is 1. The fourth-order valence-corrected chi connectivity index (χ4v) is 3.62. The van der Waals surface area contributed by atoms with Gasteiger partial charge >= 0.3 is 0 Å². The summed E-state index contributed by atoms with van der Waals surface area (Å²) in [5, 5.41) is 26.9. The summed E-state index contributed by atoms with van der Waals surface area (Å²) in [6.07, 6.45) is 2.45. The van der Waals surface area contributed by atoms with E-state index in [-0.39, 0.29) is 30.6 Å². The van der Waals surface area contributed by atoms with Gasteiger partial charge in [-0.3, -0.25) is 19.3 Å². The van der Waals surface area contributed by atoms with E-state index in [2.05, 4.69) is 25.7 Å². The number of carbonyl (C=O) groups excluding carboxylic acids is 2. The molecule has 29 heavy (non-hydrogen) atoms. The largest absolute Gasteiger partial charge is 0.483 e. The summed E-state index contributed by atoms with van der Waals surface area (Å²) in [5.41, 5.74) is 0. The summed E-state index contributed by atoms with van der Waals surface area (Å²) in [6.45, 7) is 3.67. The lowest BCUT2D eigenvalue weighted by atomic mass is 10.1. The Balaban J connectivity index is 0.000000941. The number of ether oxygens (including phenoxy) is 1.